The Hall–Kier alpha value is -2.73. The first-order valence-corrected chi connectivity index (χ1v) is 39.5. The minimum absolute atomic E-state index is 0.0571. The van der Waals surface area contributed by atoms with Gasteiger partial charge < -0.3 is 4.12 Å². The van der Waals surface area contributed by atoms with Crippen molar-refractivity contribution in [1.29, 1.82) is 0 Å². The molecular weight excluding hydrogens is 1130 g/mol. The number of rotatable bonds is 22. The molecule has 4 rings (SSSR count). The van der Waals surface area contributed by atoms with Gasteiger partial charge in [0.25, 0.3) is 0 Å². The van der Waals surface area contributed by atoms with Crippen LogP contribution in [0.4, 0.5) is 0 Å². The molecule has 0 saturated carbocycles. The van der Waals surface area contributed by atoms with Gasteiger partial charge in [-0.3, -0.25) is 0 Å². The van der Waals surface area contributed by atoms with Crippen LogP contribution in [0.3, 0.4) is 0 Å². The summed E-state index contributed by atoms with van der Waals surface area (Å²) in [5, 5.41) is 5.61. The molecule has 0 bridgehead atoms. The molecule has 3 heteroatoms. The van der Waals surface area contributed by atoms with Crippen molar-refractivity contribution in [1.82, 2.24) is 0 Å². The molecule has 0 fully saturated rings. The lowest BCUT2D eigenvalue weighted by Crippen LogP contribution is -2.57. The molecule has 0 saturated heterocycles. The van der Waals surface area contributed by atoms with Crippen molar-refractivity contribution in [2.75, 3.05) is 0 Å². The van der Waals surface area contributed by atoms with E-state index >= 15 is 0 Å². The SMILES string of the molecule is CC(C)(C)CC(C)(C)c1ccc([SiH](O[SiH](c2ccc(C(C)(C)CC(C)(C)C)c(C(C)(C)CC(C)(C)C)c2)c2ccc(C(C)(C)CC(C)(C)C)c(C(C)(C)CC(C)(C)C)c2)c2ccc(C(C)(C)CC(C)(C)C)c(C(C)(C)CC(C)(C)C)c2)cc1C(C)(C)CC(C)(C)C. The molecule has 0 heterocycles. The second-order valence-electron chi connectivity index (χ2n) is 45.1. The van der Waals surface area contributed by atoms with Crippen molar-refractivity contribution in [2.24, 2.45) is 43.3 Å². The van der Waals surface area contributed by atoms with Crippen molar-refractivity contribution in [2.45, 2.75) is 372 Å². The molecular formula is C88H150OSi2. The second kappa shape index (κ2) is 26.6. The second-order valence-corrected chi connectivity index (χ2v) is 50.4. The summed E-state index contributed by atoms with van der Waals surface area (Å²) < 4.78 is 8.97. The van der Waals surface area contributed by atoms with Crippen LogP contribution in [-0.2, 0) is 47.4 Å². The third-order valence-corrected chi connectivity index (χ3v) is 25.3. The van der Waals surface area contributed by atoms with Gasteiger partial charge in [-0.05, 0) is 203 Å². The molecule has 91 heavy (non-hydrogen) atoms. The van der Waals surface area contributed by atoms with Gasteiger partial charge in [-0.15, -0.1) is 0 Å². The lowest BCUT2D eigenvalue weighted by molar-refractivity contribution is 0.264. The lowest BCUT2D eigenvalue weighted by atomic mass is 9.65. The Morgan fingerprint density at radius 1 is 0.187 bits per heavy atom. The first kappa shape index (κ1) is 80.7. The third kappa shape index (κ3) is 23.2. The van der Waals surface area contributed by atoms with Crippen molar-refractivity contribution in [3.05, 3.63) is 117 Å². The van der Waals surface area contributed by atoms with Gasteiger partial charge in [0.15, 0.2) is 0 Å². The largest absolute Gasteiger partial charge is 0.446 e. The molecule has 0 spiro atoms. The highest BCUT2D eigenvalue weighted by atomic mass is 28.4. The molecule has 0 N–H and O–H groups in total. The minimum Gasteiger partial charge on any atom is -0.446 e. The van der Waals surface area contributed by atoms with Gasteiger partial charge in [-0.2, -0.15) is 0 Å². The zero-order chi connectivity index (χ0) is 70.9. The van der Waals surface area contributed by atoms with Crippen molar-refractivity contribution in [3.63, 3.8) is 0 Å². The molecule has 4 aromatic rings. The summed E-state index contributed by atoms with van der Waals surface area (Å²) in [5.41, 5.74) is 12.4. The molecule has 4 aromatic carbocycles. The number of benzene rings is 4. The predicted molar refractivity (Wildman–Crippen MR) is 416 cm³/mol. The molecule has 1 nitrogen and oxygen atoms in total. The van der Waals surface area contributed by atoms with E-state index in [4.69, 9.17) is 4.12 Å². The standard InChI is InChI=1S/C88H150OSi2/c1-73(2,3)53-81(25,26)65-45-41-61(49-69(65)85(33,34)57-77(13,14)15)90(62-42-46-66(82(27,28)54-74(4,5)6)70(50-62)86(35,36)58-78(16,17)18)89-91(63-43-47-67(83(29,30)55-75(7,8)9)71(51-63)87(37,38)59-79(19,20)21)64-44-48-68(84(31,32)56-76(10,11)12)72(52-64)88(39,40)60-80(22,23)24/h41-52,90-91H,53-60H2,1-40H3. The highest BCUT2D eigenvalue weighted by molar-refractivity contribution is 6.91. The summed E-state index contributed by atoms with van der Waals surface area (Å²) in [6.45, 7) is 99.0. The van der Waals surface area contributed by atoms with Crippen LogP contribution in [0.5, 0.6) is 0 Å². The quantitative estimate of drug-likeness (QED) is 0.0713. The Kier molecular flexibility index (Phi) is 23.6. The van der Waals surface area contributed by atoms with E-state index < -0.39 is 18.1 Å². The van der Waals surface area contributed by atoms with Crippen LogP contribution in [0.15, 0.2) is 72.8 Å². The molecule has 0 unspecified atom stereocenters. The zero-order valence-corrected chi connectivity index (χ0v) is 70.5. The van der Waals surface area contributed by atoms with E-state index in [2.05, 4.69) is 350 Å². The molecule has 516 valence electrons. The van der Waals surface area contributed by atoms with Crippen LogP contribution < -0.4 is 20.7 Å². The summed E-state index contributed by atoms with van der Waals surface area (Å²) in [6.07, 6.45) is 8.67. The van der Waals surface area contributed by atoms with E-state index in [1.165, 1.54) is 65.3 Å². The maximum absolute atomic E-state index is 8.97. The molecule has 0 amide bonds. The van der Waals surface area contributed by atoms with E-state index in [-0.39, 0.29) is 86.6 Å². The maximum atomic E-state index is 8.97. The van der Waals surface area contributed by atoms with E-state index in [0.717, 1.165) is 51.4 Å². The minimum atomic E-state index is -2.66. The predicted octanol–water partition coefficient (Wildman–Crippen LogP) is 23.8. The van der Waals surface area contributed by atoms with E-state index in [1.54, 1.807) is 0 Å². The average molecular weight is 1280 g/mol. The van der Waals surface area contributed by atoms with Crippen molar-refractivity contribution < 1.29 is 4.12 Å². The van der Waals surface area contributed by atoms with E-state index in [1.807, 2.05) is 0 Å². The fourth-order valence-corrected chi connectivity index (χ4v) is 26.4. The first-order chi connectivity index (χ1) is 40.0. The Labute approximate surface area is 571 Å². The zero-order valence-electron chi connectivity index (χ0n) is 68.1. The van der Waals surface area contributed by atoms with Gasteiger partial charge >= 0.3 is 0 Å². The molecule has 0 aliphatic heterocycles. The van der Waals surface area contributed by atoms with Crippen LogP contribution in [-0.4, -0.2) is 18.1 Å². The van der Waals surface area contributed by atoms with Gasteiger partial charge in [-0.25, -0.2) is 0 Å². The lowest BCUT2D eigenvalue weighted by Gasteiger charge is -2.42. The Bertz CT molecular complexity index is 2670. The summed E-state index contributed by atoms with van der Waals surface area (Å²) in [4.78, 5) is 0. The van der Waals surface area contributed by atoms with Crippen LogP contribution in [0, 0.1) is 43.3 Å². The monoisotopic (exact) mass is 1280 g/mol. The summed E-state index contributed by atoms with van der Waals surface area (Å²) in [6, 6.07) is 31.7. The highest BCUT2D eigenvalue weighted by Crippen LogP contribution is 2.49. The summed E-state index contributed by atoms with van der Waals surface area (Å²) in [7, 11) is -5.32. The summed E-state index contributed by atoms with van der Waals surface area (Å²) in [5.74, 6) is 0. The van der Waals surface area contributed by atoms with Crippen LogP contribution in [0.2, 0.25) is 0 Å². The highest BCUT2D eigenvalue weighted by Gasteiger charge is 2.43. The van der Waals surface area contributed by atoms with Gasteiger partial charge in [0.1, 0.15) is 0 Å². The molecule has 0 atom stereocenters. The Balaban J connectivity index is 2.51. The first-order valence-electron chi connectivity index (χ1n) is 36.2. The van der Waals surface area contributed by atoms with E-state index in [0.29, 0.717) is 0 Å². The number of hydrogen-bond donors (Lipinski definition) is 0. The molecule has 0 aliphatic rings. The summed E-state index contributed by atoms with van der Waals surface area (Å²) >= 11 is 0. The van der Waals surface area contributed by atoms with Crippen LogP contribution >= 0.6 is 0 Å². The van der Waals surface area contributed by atoms with Gasteiger partial charge in [0.2, 0.25) is 18.1 Å². The van der Waals surface area contributed by atoms with Crippen LogP contribution in [0.1, 0.15) is 373 Å². The van der Waals surface area contributed by atoms with Crippen LogP contribution in [0.25, 0.3) is 0 Å². The van der Waals surface area contributed by atoms with Gasteiger partial charge in [-0.1, -0.05) is 350 Å². The normalized spacial score (nSPS) is 15.0. The maximum Gasteiger partial charge on any atom is 0.228 e. The van der Waals surface area contributed by atoms with Crippen molar-refractivity contribution >= 4 is 38.8 Å². The van der Waals surface area contributed by atoms with Gasteiger partial charge in [0.05, 0.1) is 0 Å². The fraction of sp³-hybridized carbons (Fsp3) is 0.727. The van der Waals surface area contributed by atoms with Gasteiger partial charge in [0, 0.05) is 0 Å². The topological polar surface area (TPSA) is 9.23 Å². The molecule has 0 radical (unpaired) electrons. The average Bonchev–Trinajstić information content (AvgIpc) is 0.766. The number of hydrogen-bond acceptors (Lipinski definition) is 1. The van der Waals surface area contributed by atoms with Crippen molar-refractivity contribution in [3.8, 4) is 0 Å². The smallest absolute Gasteiger partial charge is 0.228 e. The Morgan fingerprint density at radius 2 is 0.308 bits per heavy atom. The molecule has 0 aliphatic carbocycles. The molecule has 0 aromatic heterocycles. The van der Waals surface area contributed by atoms with E-state index in [9.17, 15) is 0 Å². The Morgan fingerprint density at radius 3 is 0.429 bits per heavy atom. The third-order valence-electron chi connectivity index (χ3n) is 19.3. The fourth-order valence-electron chi connectivity index (χ4n) is 19.7.